The van der Waals surface area contributed by atoms with Gasteiger partial charge in [0.05, 0.1) is 11.3 Å². The van der Waals surface area contributed by atoms with Crippen LogP contribution in [0.5, 0.6) is 0 Å². The van der Waals surface area contributed by atoms with E-state index in [-0.39, 0.29) is 28.6 Å². The Hall–Kier alpha value is -2.15. The second-order valence-corrected chi connectivity index (χ2v) is 13.4. The molecule has 0 unspecified atom stereocenters. The zero-order chi connectivity index (χ0) is 27.5. The zero-order valence-electron chi connectivity index (χ0n) is 22.3. The van der Waals surface area contributed by atoms with Crippen molar-refractivity contribution in [3.05, 3.63) is 39.8 Å². The smallest absolute Gasteiger partial charge is 0.212 e. The number of sulfonamides is 1. The Balaban J connectivity index is 1.73. The van der Waals surface area contributed by atoms with Crippen molar-refractivity contribution < 1.29 is 22.0 Å². The van der Waals surface area contributed by atoms with Crippen LogP contribution in [0.4, 0.5) is 19.7 Å². The van der Waals surface area contributed by atoms with Crippen LogP contribution in [0, 0.1) is 17.6 Å². The van der Waals surface area contributed by atoms with Crippen LogP contribution in [0.1, 0.15) is 60.3 Å². The average Bonchev–Trinajstić information content (AvgIpc) is 3.17. The number of carbonyl (C=O) groups excluding carboxylic acids is 1. The molecule has 2 aromatic rings. The third kappa shape index (κ3) is 7.92. The summed E-state index contributed by atoms with van der Waals surface area (Å²) < 4.78 is 57.0. The standard InChI is InChI=1S/C25H37F2N5O3S2/c1-15(2)14-37(34,35)30-18-9-7-17(8-10-18)28-25-29-24(32(5)6)23(36-25)22(33)21-19(26)11-16(12-20(21)27)13-31(3)4/h11-12,15,17-18,30H,7-10,13-14H2,1-6H3,(H,28,29)/t17-,18-. The minimum absolute atomic E-state index is 0.0498. The predicted octanol–water partition coefficient (Wildman–Crippen LogP) is 4.08. The monoisotopic (exact) mass is 557 g/mol. The topological polar surface area (TPSA) is 94.6 Å². The van der Waals surface area contributed by atoms with Crippen molar-refractivity contribution in [2.45, 2.75) is 58.2 Å². The number of aromatic nitrogens is 1. The van der Waals surface area contributed by atoms with Gasteiger partial charge in [-0.3, -0.25) is 4.79 Å². The minimum Gasteiger partial charge on any atom is -0.361 e. The van der Waals surface area contributed by atoms with Crippen LogP contribution in [0.15, 0.2) is 12.1 Å². The van der Waals surface area contributed by atoms with Gasteiger partial charge in [-0.1, -0.05) is 25.2 Å². The van der Waals surface area contributed by atoms with Crippen molar-refractivity contribution in [1.82, 2.24) is 14.6 Å². The summed E-state index contributed by atoms with van der Waals surface area (Å²) in [7, 11) is 3.72. The summed E-state index contributed by atoms with van der Waals surface area (Å²) in [4.78, 5) is 21.4. The number of benzene rings is 1. The van der Waals surface area contributed by atoms with E-state index in [0.717, 1.165) is 24.2 Å². The van der Waals surface area contributed by atoms with E-state index < -0.39 is 33.0 Å². The van der Waals surface area contributed by atoms with E-state index >= 15 is 0 Å². The number of hydrogen-bond acceptors (Lipinski definition) is 8. The number of hydrogen-bond donors (Lipinski definition) is 2. The first kappa shape index (κ1) is 29.4. The van der Waals surface area contributed by atoms with E-state index in [2.05, 4.69) is 15.0 Å². The normalized spacial score (nSPS) is 18.4. The lowest BCUT2D eigenvalue weighted by Crippen LogP contribution is -2.41. The number of anilines is 2. The number of nitrogens with zero attached hydrogens (tertiary/aromatic N) is 3. The molecule has 8 nitrogen and oxygen atoms in total. The Morgan fingerprint density at radius 1 is 1.08 bits per heavy atom. The molecule has 0 saturated heterocycles. The highest BCUT2D eigenvalue weighted by molar-refractivity contribution is 7.89. The van der Waals surface area contributed by atoms with Crippen LogP contribution >= 0.6 is 11.3 Å². The lowest BCUT2D eigenvalue weighted by molar-refractivity contribution is 0.103. The van der Waals surface area contributed by atoms with Crippen molar-refractivity contribution >= 4 is 38.1 Å². The van der Waals surface area contributed by atoms with E-state index in [1.54, 1.807) is 38.0 Å². The molecule has 0 amide bonds. The molecule has 1 fully saturated rings. The molecule has 0 aliphatic heterocycles. The van der Waals surface area contributed by atoms with Crippen LogP contribution in [-0.4, -0.2) is 70.1 Å². The van der Waals surface area contributed by atoms with E-state index in [4.69, 9.17) is 0 Å². The first-order chi connectivity index (χ1) is 17.3. The van der Waals surface area contributed by atoms with Crippen LogP contribution < -0.4 is 14.9 Å². The number of halogens is 2. The van der Waals surface area contributed by atoms with E-state index in [0.29, 0.717) is 35.9 Å². The van der Waals surface area contributed by atoms with Crippen molar-refractivity contribution in [3.63, 3.8) is 0 Å². The second-order valence-electron chi connectivity index (χ2n) is 10.6. The summed E-state index contributed by atoms with van der Waals surface area (Å²) in [5.74, 6) is -2.04. The highest BCUT2D eigenvalue weighted by atomic mass is 32.2. The molecule has 1 aliphatic carbocycles. The molecule has 1 aromatic carbocycles. The SMILES string of the molecule is CC(C)CS(=O)(=O)N[C@H]1CC[C@H](Nc2nc(N(C)C)c(C(=O)c3c(F)cc(CN(C)C)cc3F)s2)CC1. The fourth-order valence-corrected chi connectivity index (χ4v) is 7.29. The predicted molar refractivity (Wildman–Crippen MR) is 145 cm³/mol. The molecule has 2 N–H and O–H groups in total. The third-order valence-electron chi connectivity index (χ3n) is 6.02. The number of rotatable bonds is 11. The fraction of sp³-hybridized carbons (Fsp3) is 0.600. The molecular weight excluding hydrogens is 520 g/mol. The van der Waals surface area contributed by atoms with Gasteiger partial charge in [-0.25, -0.2) is 26.9 Å². The molecule has 1 aliphatic rings. The average molecular weight is 558 g/mol. The van der Waals surface area contributed by atoms with Gasteiger partial charge in [-0.2, -0.15) is 0 Å². The molecule has 37 heavy (non-hydrogen) atoms. The molecule has 0 radical (unpaired) electrons. The molecule has 12 heteroatoms. The molecule has 0 spiro atoms. The Morgan fingerprint density at radius 2 is 1.65 bits per heavy atom. The van der Waals surface area contributed by atoms with Gasteiger partial charge in [-0.15, -0.1) is 0 Å². The summed E-state index contributed by atoms with van der Waals surface area (Å²) in [6, 6.07) is 2.34. The first-order valence-electron chi connectivity index (χ1n) is 12.4. The van der Waals surface area contributed by atoms with Crippen LogP contribution in [0.3, 0.4) is 0 Å². The minimum atomic E-state index is -3.31. The van der Waals surface area contributed by atoms with E-state index in [9.17, 15) is 22.0 Å². The molecule has 206 valence electrons. The Kier molecular flexibility index (Phi) is 9.65. The maximum Gasteiger partial charge on any atom is 0.212 e. The Bertz CT molecular complexity index is 1180. The van der Waals surface area contributed by atoms with Gasteiger partial charge in [0.25, 0.3) is 0 Å². The van der Waals surface area contributed by atoms with E-state index in [1.165, 1.54) is 12.1 Å². The van der Waals surface area contributed by atoms with Crippen molar-refractivity contribution in [2.75, 3.05) is 44.2 Å². The quantitative estimate of drug-likeness (QED) is 0.402. The zero-order valence-corrected chi connectivity index (χ0v) is 23.9. The summed E-state index contributed by atoms with van der Waals surface area (Å²) in [5, 5.41) is 3.82. The van der Waals surface area contributed by atoms with Crippen molar-refractivity contribution in [3.8, 4) is 0 Å². The van der Waals surface area contributed by atoms with Crippen molar-refractivity contribution in [1.29, 1.82) is 0 Å². The van der Waals surface area contributed by atoms with Crippen molar-refractivity contribution in [2.24, 2.45) is 5.92 Å². The van der Waals surface area contributed by atoms with Crippen LogP contribution in [-0.2, 0) is 16.6 Å². The highest BCUT2D eigenvalue weighted by Gasteiger charge is 2.29. The summed E-state index contributed by atoms with van der Waals surface area (Å²) in [5.41, 5.74) is -0.145. The molecule has 3 rings (SSSR count). The van der Waals surface area contributed by atoms with E-state index in [1.807, 2.05) is 13.8 Å². The maximum absolute atomic E-state index is 14.9. The Morgan fingerprint density at radius 3 is 2.16 bits per heavy atom. The number of carbonyl (C=O) groups is 1. The first-order valence-corrected chi connectivity index (χ1v) is 14.8. The maximum atomic E-state index is 14.9. The Labute approximate surface area is 222 Å². The second kappa shape index (κ2) is 12.1. The molecule has 1 heterocycles. The summed E-state index contributed by atoms with van der Waals surface area (Å²) >= 11 is 1.07. The van der Waals surface area contributed by atoms with Gasteiger partial charge < -0.3 is 15.1 Å². The molecule has 0 atom stereocenters. The molecule has 0 bridgehead atoms. The molecule has 1 aromatic heterocycles. The van der Waals surface area contributed by atoms with Gasteiger partial charge >= 0.3 is 0 Å². The summed E-state index contributed by atoms with van der Waals surface area (Å²) in [6.07, 6.45) is 2.82. The number of thiazole rings is 1. The summed E-state index contributed by atoms with van der Waals surface area (Å²) in [6.45, 7) is 4.09. The van der Waals surface area contributed by atoms with Gasteiger partial charge in [-0.05, 0) is 63.4 Å². The third-order valence-corrected chi connectivity index (χ3v) is 8.79. The largest absolute Gasteiger partial charge is 0.361 e. The van der Waals surface area contributed by atoms with Gasteiger partial charge in [0.1, 0.15) is 16.5 Å². The number of nitrogens with one attached hydrogen (secondary N) is 2. The van der Waals surface area contributed by atoms with Crippen LogP contribution in [0.25, 0.3) is 0 Å². The number of ketones is 1. The van der Waals surface area contributed by atoms with Crippen LogP contribution in [0.2, 0.25) is 0 Å². The highest BCUT2D eigenvalue weighted by Crippen LogP contribution is 2.34. The van der Waals surface area contributed by atoms with Gasteiger partial charge in [0.15, 0.2) is 10.9 Å². The fourth-order valence-electron chi connectivity index (χ4n) is 4.51. The molecular formula is C25H37F2N5O3S2. The lowest BCUT2D eigenvalue weighted by Gasteiger charge is -2.29. The van der Waals surface area contributed by atoms with Gasteiger partial charge in [0.2, 0.25) is 15.8 Å². The molecule has 1 saturated carbocycles. The van der Waals surface area contributed by atoms with Gasteiger partial charge in [0, 0.05) is 32.7 Å². The lowest BCUT2D eigenvalue weighted by atomic mass is 9.92.